The Labute approximate surface area is 138 Å². The van der Waals surface area contributed by atoms with Gasteiger partial charge in [-0.25, -0.2) is 0 Å². The summed E-state index contributed by atoms with van der Waals surface area (Å²) in [6.45, 7) is 1.19. The predicted molar refractivity (Wildman–Crippen MR) is 87.2 cm³/mol. The van der Waals surface area contributed by atoms with Crippen LogP contribution in [-0.2, 0) is 14.3 Å². The topological polar surface area (TPSA) is 35.5 Å². The number of hydrogen-bond acceptors (Lipinski definition) is 3. The minimum atomic E-state index is -0.679. The van der Waals surface area contributed by atoms with Gasteiger partial charge in [-0.1, -0.05) is 0 Å². The van der Waals surface area contributed by atoms with Crippen molar-refractivity contribution in [2.45, 2.75) is 37.9 Å². The van der Waals surface area contributed by atoms with Crippen molar-refractivity contribution in [3.63, 3.8) is 0 Å². The molecule has 0 aromatic heterocycles. The Morgan fingerprint density at radius 2 is 1.95 bits per heavy atom. The van der Waals surface area contributed by atoms with Gasteiger partial charge >= 0.3 is 138 Å². The van der Waals surface area contributed by atoms with Crippen LogP contribution in [0.25, 0.3) is 0 Å². The van der Waals surface area contributed by atoms with E-state index in [9.17, 15) is 4.79 Å². The van der Waals surface area contributed by atoms with Gasteiger partial charge in [-0.3, -0.25) is 0 Å². The number of carbonyl (C=O) groups excluding carboxylic acids is 1. The maximum absolute atomic E-state index is 12.4. The molecule has 0 spiro atoms. The fourth-order valence-electron chi connectivity index (χ4n) is 2.59. The molecule has 0 atom stereocenters. The molecule has 0 amide bonds. The zero-order valence-electron chi connectivity index (χ0n) is 12.7. The predicted octanol–water partition coefficient (Wildman–Crippen LogP) is 2.42. The zero-order chi connectivity index (χ0) is 15.3. The van der Waals surface area contributed by atoms with Crippen LogP contribution in [0.1, 0.15) is 32.1 Å². The first-order valence-electron chi connectivity index (χ1n) is 7.96. The van der Waals surface area contributed by atoms with Gasteiger partial charge in [-0.05, 0) is 0 Å². The van der Waals surface area contributed by atoms with Gasteiger partial charge in [0.15, 0.2) is 0 Å². The van der Waals surface area contributed by atoms with E-state index < -0.39 is 5.79 Å². The summed E-state index contributed by atoms with van der Waals surface area (Å²) < 4.78 is 13.0. The number of carbonyl (C=O) groups is 1. The summed E-state index contributed by atoms with van der Waals surface area (Å²) in [5.74, 6) is 0.117. The Morgan fingerprint density at radius 3 is 2.64 bits per heavy atom. The van der Waals surface area contributed by atoms with E-state index in [1.807, 2.05) is 30.3 Å². The van der Waals surface area contributed by atoms with E-state index in [0.717, 1.165) is 23.2 Å². The Balaban J connectivity index is 1.52. The summed E-state index contributed by atoms with van der Waals surface area (Å²) in [6.07, 6.45) is 9.23. The molecule has 1 aliphatic carbocycles. The maximum atomic E-state index is 12.4. The van der Waals surface area contributed by atoms with Crippen LogP contribution >= 0.6 is 0 Å². The number of hydrogen-bond donors (Lipinski definition) is 0. The van der Waals surface area contributed by atoms with Crippen LogP contribution in [0, 0.1) is 5.92 Å². The SMILES string of the molecule is O=C(CC1(CC/C=C/C2CC2)OCCO1)[Se]c1ccccc1. The molecule has 2 aliphatic rings. The van der Waals surface area contributed by atoms with Gasteiger partial charge in [0, 0.05) is 0 Å². The van der Waals surface area contributed by atoms with Crippen LogP contribution in [0.4, 0.5) is 0 Å². The van der Waals surface area contributed by atoms with Crippen LogP contribution in [0.3, 0.4) is 0 Å². The average molecular weight is 365 g/mol. The normalized spacial score (nSPS) is 20.5. The van der Waals surface area contributed by atoms with Crippen LogP contribution in [0.15, 0.2) is 42.5 Å². The Kier molecular flexibility index (Phi) is 5.48. The monoisotopic (exact) mass is 366 g/mol. The molecular formula is C18H22O3Se. The molecule has 1 heterocycles. The Bertz CT molecular complexity index is 516. The zero-order valence-corrected chi connectivity index (χ0v) is 14.4. The molecular weight excluding hydrogens is 343 g/mol. The van der Waals surface area contributed by atoms with Crippen molar-refractivity contribution in [3.8, 4) is 0 Å². The van der Waals surface area contributed by atoms with Crippen molar-refractivity contribution in [3.05, 3.63) is 42.5 Å². The van der Waals surface area contributed by atoms with E-state index in [4.69, 9.17) is 9.47 Å². The molecule has 1 saturated heterocycles. The van der Waals surface area contributed by atoms with Gasteiger partial charge in [0.2, 0.25) is 0 Å². The summed E-state index contributed by atoms with van der Waals surface area (Å²) in [7, 11) is 0. The second-order valence-electron chi connectivity index (χ2n) is 5.88. The quantitative estimate of drug-likeness (QED) is 0.524. The van der Waals surface area contributed by atoms with Crippen molar-refractivity contribution in [2.24, 2.45) is 5.92 Å². The fraction of sp³-hybridized carbons (Fsp3) is 0.500. The summed E-state index contributed by atoms with van der Waals surface area (Å²) in [5.41, 5.74) is 0. The fourth-order valence-corrected chi connectivity index (χ4v) is 4.37. The summed E-state index contributed by atoms with van der Waals surface area (Å²) >= 11 is -0.159. The molecule has 0 radical (unpaired) electrons. The van der Waals surface area contributed by atoms with Crippen molar-refractivity contribution in [1.82, 2.24) is 0 Å². The molecule has 0 bridgehead atoms. The molecule has 1 aromatic carbocycles. The Morgan fingerprint density at radius 1 is 1.23 bits per heavy atom. The molecule has 0 unspecified atom stereocenters. The molecule has 3 rings (SSSR count). The van der Waals surface area contributed by atoms with Crippen LogP contribution < -0.4 is 4.46 Å². The van der Waals surface area contributed by atoms with E-state index in [2.05, 4.69) is 12.2 Å². The van der Waals surface area contributed by atoms with Crippen molar-refractivity contribution in [2.75, 3.05) is 13.2 Å². The van der Waals surface area contributed by atoms with E-state index in [1.165, 1.54) is 12.8 Å². The molecule has 0 N–H and O–H groups in total. The molecule has 1 aliphatic heterocycles. The van der Waals surface area contributed by atoms with Gasteiger partial charge in [0.25, 0.3) is 0 Å². The Hall–Kier alpha value is -0.931. The van der Waals surface area contributed by atoms with Crippen LogP contribution in [0.2, 0.25) is 0 Å². The number of benzene rings is 1. The first-order chi connectivity index (χ1) is 10.8. The van der Waals surface area contributed by atoms with Gasteiger partial charge < -0.3 is 0 Å². The molecule has 3 nitrogen and oxygen atoms in total. The first-order valence-corrected chi connectivity index (χ1v) is 9.67. The van der Waals surface area contributed by atoms with E-state index in [1.54, 1.807) is 0 Å². The molecule has 1 aromatic rings. The molecule has 1 saturated carbocycles. The van der Waals surface area contributed by atoms with Gasteiger partial charge in [-0.15, -0.1) is 0 Å². The summed E-state index contributed by atoms with van der Waals surface area (Å²) in [6, 6.07) is 9.95. The van der Waals surface area contributed by atoms with Gasteiger partial charge in [-0.2, -0.15) is 0 Å². The number of ether oxygens (including phenoxy) is 2. The van der Waals surface area contributed by atoms with Crippen molar-refractivity contribution < 1.29 is 14.3 Å². The standard InChI is InChI=1S/C18H22O3Se/c19-17(22-16-7-2-1-3-8-16)14-18(20-12-13-21-18)11-5-4-6-15-9-10-15/h1-4,6-8,15H,5,9-14H2/b6-4+. The third-order valence-corrected chi connectivity index (χ3v) is 5.77. The number of allylic oxidation sites excluding steroid dienone is 2. The average Bonchev–Trinajstić information content (AvgIpc) is 3.24. The van der Waals surface area contributed by atoms with Gasteiger partial charge in [0.05, 0.1) is 0 Å². The third-order valence-electron chi connectivity index (χ3n) is 3.92. The second kappa shape index (κ2) is 7.56. The molecule has 2 fully saturated rings. The van der Waals surface area contributed by atoms with Gasteiger partial charge in [0.1, 0.15) is 0 Å². The molecule has 4 heteroatoms. The van der Waals surface area contributed by atoms with E-state index in [-0.39, 0.29) is 19.6 Å². The first kappa shape index (κ1) is 15.9. The van der Waals surface area contributed by atoms with Crippen LogP contribution in [-0.4, -0.2) is 38.6 Å². The van der Waals surface area contributed by atoms with Crippen molar-refractivity contribution in [1.29, 1.82) is 0 Å². The summed E-state index contributed by atoms with van der Waals surface area (Å²) in [4.78, 5) is 12.4. The van der Waals surface area contributed by atoms with E-state index in [0.29, 0.717) is 19.6 Å². The van der Waals surface area contributed by atoms with Crippen LogP contribution in [0.5, 0.6) is 0 Å². The number of rotatable bonds is 8. The van der Waals surface area contributed by atoms with E-state index >= 15 is 0 Å². The molecule has 22 heavy (non-hydrogen) atoms. The third kappa shape index (κ3) is 4.79. The van der Waals surface area contributed by atoms with Crippen molar-refractivity contribution >= 4 is 24.1 Å². The minimum absolute atomic E-state index is 0.159. The molecule has 118 valence electrons. The second-order valence-corrected chi connectivity index (χ2v) is 8.25. The summed E-state index contributed by atoms with van der Waals surface area (Å²) in [5, 5.41) is 0.